The Bertz CT molecular complexity index is 681. The third-order valence-electron chi connectivity index (χ3n) is 3.75. The van der Waals surface area contributed by atoms with Crippen molar-refractivity contribution in [3.05, 3.63) is 46.9 Å². The normalized spacial score (nSPS) is 14.2. The lowest BCUT2D eigenvalue weighted by Gasteiger charge is -2.15. The molecule has 0 aliphatic carbocycles. The molecule has 1 aliphatic rings. The fourth-order valence-corrected chi connectivity index (χ4v) is 2.64. The van der Waals surface area contributed by atoms with Crippen LogP contribution in [0.1, 0.15) is 28.9 Å². The van der Waals surface area contributed by atoms with Gasteiger partial charge in [-0.25, -0.2) is 9.97 Å². The van der Waals surface area contributed by atoms with Gasteiger partial charge in [-0.05, 0) is 37.5 Å². The topological polar surface area (TPSA) is 58.1 Å². The molecule has 1 fully saturated rings. The van der Waals surface area contributed by atoms with Gasteiger partial charge in [-0.1, -0.05) is 17.7 Å². The van der Waals surface area contributed by atoms with Gasteiger partial charge in [0, 0.05) is 23.8 Å². The van der Waals surface area contributed by atoms with Crippen molar-refractivity contribution in [2.24, 2.45) is 0 Å². The number of rotatable bonds is 3. The van der Waals surface area contributed by atoms with Gasteiger partial charge in [0.25, 0.3) is 5.91 Å². The van der Waals surface area contributed by atoms with Gasteiger partial charge in [0.1, 0.15) is 11.5 Å². The summed E-state index contributed by atoms with van der Waals surface area (Å²) >= 11 is 5.95. The second-order valence-electron chi connectivity index (χ2n) is 5.37. The predicted molar refractivity (Wildman–Crippen MR) is 87.6 cm³/mol. The van der Waals surface area contributed by atoms with Gasteiger partial charge < -0.3 is 10.2 Å². The van der Waals surface area contributed by atoms with Crippen LogP contribution in [0, 0.1) is 6.92 Å². The summed E-state index contributed by atoms with van der Waals surface area (Å²) in [5, 5.41) is 3.40. The number of hydrogen-bond acceptors (Lipinski definition) is 4. The van der Waals surface area contributed by atoms with E-state index in [1.54, 1.807) is 18.3 Å². The summed E-state index contributed by atoms with van der Waals surface area (Å²) < 4.78 is 0. The van der Waals surface area contributed by atoms with Crippen LogP contribution >= 0.6 is 11.6 Å². The summed E-state index contributed by atoms with van der Waals surface area (Å²) in [5.74, 6) is 0.541. The van der Waals surface area contributed by atoms with Crippen molar-refractivity contribution in [1.82, 2.24) is 9.97 Å². The largest absolute Gasteiger partial charge is 0.355 e. The van der Waals surface area contributed by atoms with Gasteiger partial charge in [0.15, 0.2) is 0 Å². The number of carbonyl (C=O) groups excluding carboxylic acids is 1. The number of aromatic nitrogens is 2. The first-order valence-electron chi connectivity index (χ1n) is 7.28. The molecule has 6 heteroatoms. The Kier molecular flexibility index (Phi) is 4.24. The van der Waals surface area contributed by atoms with Crippen LogP contribution in [0.15, 0.2) is 30.6 Å². The van der Waals surface area contributed by atoms with Gasteiger partial charge in [0.05, 0.1) is 12.4 Å². The molecule has 5 nitrogen and oxygen atoms in total. The first-order valence-corrected chi connectivity index (χ1v) is 7.66. The van der Waals surface area contributed by atoms with Crippen LogP contribution in [0.25, 0.3) is 0 Å². The van der Waals surface area contributed by atoms with Crippen molar-refractivity contribution in [2.45, 2.75) is 19.8 Å². The summed E-state index contributed by atoms with van der Waals surface area (Å²) in [4.78, 5) is 23.0. The maximum absolute atomic E-state index is 12.2. The standard InChI is InChI=1S/C16H17ClN4O/c1-11-4-5-12(17)8-13(11)20-16(22)14-9-19-15(10-18-14)21-6-2-3-7-21/h4-5,8-10H,2-3,6-7H2,1H3,(H,20,22). The molecule has 2 heterocycles. The molecule has 1 N–H and O–H groups in total. The summed E-state index contributed by atoms with van der Waals surface area (Å²) in [6, 6.07) is 5.37. The highest BCUT2D eigenvalue weighted by molar-refractivity contribution is 6.31. The Hall–Kier alpha value is -2.14. The highest BCUT2D eigenvalue weighted by atomic mass is 35.5. The molecule has 2 aromatic rings. The van der Waals surface area contributed by atoms with E-state index in [4.69, 9.17) is 11.6 Å². The zero-order valence-electron chi connectivity index (χ0n) is 12.3. The number of anilines is 2. The number of amides is 1. The third-order valence-corrected chi connectivity index (χ3v) is 3.98. The number of hydrogen-bond donors (Lipinski definition) is 1. The van der Waals surface area contributed by atoms with E-state index in [-0.39, 0.29) is 5.91 Å². The second kappa shape index (κ2) is 6.32. The van der Waals surface area contributed by atoms with Crippen LogP contribution in [-0.2, 0) is 0 Å². The van der Waals surface area contributed by atoms with Crippen molar-refractivity contribution in [1.29, 1.82) is 0 Å². The van der Waals surface area contributed by atoms with E-state index in [1.807, 2.05) is 13.0 Å². The van der Waals surface area contributed by atoms with E-state index in [2.05, 4.69) is 20.2 Å². The van der Waals surface area contributed by atoms with Gasteiger partial charge in [0.2, 0.25) is 0 Å². The Morgan fingerprint density at radius 2 is 2.00 bits per heavy atom. The van der Waals surface area contributed by atoms with E-state index >= 15 is 0 Å². The molecule has 1 aliphatic heterocycles. The number of nitrogens with zero attached hydrogens (tertiary/aromatic N) is 3. The maximum atomic E-state index is 12.2. The molecular formula is C16H17ClN4O. The quantitative estimate of drug-likeness (QED) is 0.944. The zero-order valence-corrected chi connectivity index (χ0v) is 13.1. The van der Waals surface area contributed by atoms with Crippen LogP contribution in [0.3, 0.4) is 0 Å². The molecule has 0 radical (unpaired) electrons. The number of carbonyl (C=O) groups is 1. The predicted octanol–water partition coefficient (Wildman–Crippen LogP) is 3.29. The lowest BCUT2D eigenvalue weighted by atomic mass is 10.2. The average Bonchev–Trinajstić information content (AvgIpc) is 3.05. The van der Waals surface area contributed by atoms with Gasteiger partial charge in [-0.2, -0.15) is 0 Å². The fraction of sp³-hybridized carbons (Fsp3) is 0.312. The molecule has 0 unspecified atom stereocenters. The average molecular weight is 317 g/mol. The zero-order chi connectivity index (χ0) is 15.5. The second-order valence-corrected chi connectivity index (χ2v) is 5.80. The van der Waals surface area contributed by atoms with E-state index in [1.165, 1.54) is 19.0 Å². The van der Waals surface area contributed by atoms with Gasteiger partial charge in [-0.15, -0.1) is 0 Å². The molecule has 0 saturated carbocycles. The molecule has 1 amide bonds. The maximum Gasteiger partial charge on any atom is 0.275 e. The fourth-order valence-electron chi connectivity index (χ4n) is 2.46. The van der Waals surface area contributed by atoms with Crippen LogP contribution in [-0.4, -0.2) is 29.0 Å². The molecule has 1 saturated heterocycles. The Morgan fingerprint density at radius 3 is 2.68 bits per heavy atom. The van der Waals surface area contributed by atoms with Crippen LogP contribution in [0.4, 0.5) is 11.5 Å². The molecule has 3 rings (SSSR count). The molecule has 1 aromatic heterocycles. The van der Waals surface area contributed by atoms with Gasteiger partial charge in [-0.3, -0.25) is 4.79 Å². The summed E-state index contributed by atoms with van der Waals surface area (Å²) in [7, 11) is 0. The van der Waals surface area contributed by atoms with E-state index < -0.39 is 0 Å². The number of benzene rings is 1. The summed E-state index contributed by atoms with van der Waals surface area (Å²) in [6.45, 7) is 3.91. The molecule has 0 atom stereocenters. The molecule has 0 spiro atoms. The summed E-state index contributed by atoms with van der Waals surface area (Å²) in [5.41, 5.74) is 1.92. The Balaban J connectivity index is 1.73. The highest BCUT2D eigenvalue weighted by Gasteiger charge is 2.15. The Morgan fingerprint density at radius 1 is 1.23 bits per heavy atom. The monoisotopic (exact) mass is 316 g/mol. The minimum atomic E-state index is -0.286. The minimum Gasteiger partial charge on any atom is -0.355 e. The van der Waals surface area contributed by atoms with Crippen molar-refractivity contribution < 1.29 is 4.79 Å². The summed E-state index contributed by atoms with van der Waals surface area (Å²) in [6.07, 6.45) is 5.53. The SMILES string of the molecule is Cc1ccc(Cl)cc1NC(=O)c1cnc(N2CCCC2)cn1. The minimum absolute atomic E-state index is 0.286. The van der Waals surface area contributed by atoms with E-state index in [0.29, 0.717) is 16.4 Å². The van der Waals surface area contributed by atoms with E-state index in [0.717, 1.165) is 24.5 Å². The van der Waals surface area contributed by atoms with Crippen LogP contribution in [0.2, 0.25) is 5.02 Å². The molecule has 1 aromatic carbocycles. The van der Waals surface area contributed by atoms with E-state index in [9.17, 15) is 4.79 Å². The van der Waals surface area contributed by atoms with Crippen molar-refractivity contribution in [3.8, 4) is 0 Å². The number of aryl methyl sites for hydroxylation is 1. The van der Waals surface area contributed by atoms with Gasteiger partial charge >= 0.3 is 0 Å². The highest BCUT2D eigenvalue weighted by Crippen LogP contribution is 2.21. The van der Waals surface area contributed by atoms with Crippen LogP contribution in [0.5, 0.6) is 0 Å². The van der Waals surface area contributed by atoms with Crippen molar-refractivity contribution in [2.75, 3.05) is 23.3 Å². The third kappa shape index (κ3) is 3.20. The smallest absolute Gasteiger partial charge is 0.275 e. The van der Waals surface area contributed by atoms with Crippen molar-refractivity contribution >= 4 is 29.0 Å². The molecule has 114 valence electrons. The molecule has 0 bridgehead atoms. The number of halogens is 1. The molecule has 22 heavy (non-hydrogen) atoms. The lowest BCUT2D eigenvalue weighted by Crippen LogP contribution is -2.20. The number of nitrogens with one attached hydrogen (secondary N) is 1. The lowest BCUT2D eigenvalue weighted by molar-refractivity contribution is 0.102. The van der Waals surface area contributed by atoms with Crippen LogP contribution < -0.4 is 10.2 Å². The molecular weight excluding hydrogens is 300 g/mol. The van der Waals surface area contributed by atoms with Crippen molar-refractivity contribution in [3.63, 3.8) is 0 Å². The Labute approximate surface area is 134 Å². The first kappa shape index (κ1) is 14.8. The first-order chi connectivity index (χ1) is 10.6.